The molecule has 1 amide bonds. The summed E-state index contributed by atoms with van der Waals surface area (Å²) in [6, 6.07) is 0. The van der Waals surface area contributed by atoms with Crippen LogP contribution < -0.4 is 11.1 Å². The maximum Gasteiger partial charge on any atom is 0.240 e. The molecule has 3 N–H and O–H groups in total. The van der Waals surface area contributed by atoms with Gasteiger partial charge in [0.1, 0.15) is 5.54 Å². The maximum absolute atomic E-state index is 11.1. The number of amides is 1. The second kappa shape index (κ2) is 2.71. The first-order chi connectivity index (χ1) is 5.42. The Kier molecular flexibility index (Phi) is 2.14. The van der Waals surface area contributed by atoms with E-state index in [1.807, 2.05) is 13.8 Å². The number of nitrogens with two attached hydrogens (primary N) is 1. The molecule has 1 saturated heterocycles. The number of rotatable bonds is 2. The number of hydrogen-bond acceptors (Lipinski definition) is 3. The standard InChI is InChI=1S/C8H16N2O2/c1-7(2)4-8(10-3,5-12-7)6(9)11/h10H,4-5H2,1-3H3,(H2,9,11). The minimum Gasteiger partial charge on any atom is -0.373 e. The van der Waals surface area contributed by atoms with E-state index in [0.717, 1.165) is 0 Å². The Hall–Kier alpha value is -0.610. The van der Waals surface area contributed by atoms with Gasteiger partial charge in [0.15, 0.2) is 0 Å². The van der Waals surface area contributed by atoms with Crippen LogP contribution in [0.3, 0.4) is 0 Å². The Morgan fingerprint density at radius 1 is 1.58 bits per heavy atom. The molecule has 0 aliphatic carbocycles. The summed E-state index contributed by atoms with van der Waals surface area (Å²) in [5.41, 5.74) is 4.37. The van der Waals surface area contributed by atoms with Crippen LogP contribution >= 0.6 is 0 Å². The van der Waals surface area contributed by atoms with Crippen molar-refractivity contribution in [3.8, 4) is 0 Å². The van der Waals surface area contributed by atoms with E-state index in [4.69, 9.17) is 10.5 Å². The molecule has 0 bridgehead atoms. The zero-order valence-corrected chi connectivity index (χ0v) is 7.81. The van der Waals surface area contributed by atoms with Crippen molar-refractivity contribution in [2.24, 2.45) is 5.73 Å². The first-order valence-corrected chi connectivity index (χ1v) is 4.05. The van der Waals surface area contributed by atoms with E-state index in [1.54, 1.807) is 7.05 Å². The number of nitrogens with one attached hydrogen (secondary N) is 1. The molecule has 0 aromatic heterocycles. The highest BCUT2D eigenvalue weighted by atomic mass is 16.5. The Bertz CT molecular complexity index is 203. The molecule has 0 aromatic rings. The van der Waals surface area contributed by atoms with Crippen molar-refractivity contribution in [3.63, 3.8) is 0 Å². The fraction of sp³-hybridized carbons (Fsp3) is 0.875. The third-order valence-electron chi connectivity index (χ3n) is 2.39. The van der Waals surface area contributed by atoms with Crippen molar-refractivity contribution in [1.82, 2.24) is 5.32 Å². The number of ether oxygens (including phenoxy) is 1. The van der Waals surface area contributed by atoms with Crippen LogP contribution in [0, 0.1) is 0 Å². The number of carbonyl (C=O) groups is 1. The van der Waals surface area contributed by atoms with Gasteiger partial charge in [-0.2, -0.15) is 0 Å². The van der Waals surface area contributed by atoms with E-state index < -0.39 is 5.54 Å². The molecule has 70 valence electrons. The Balaban J connectivity index is 2.80. The minimum atomic E-state index is -0.663. The zero-order valence-electron chi connectivity index (χ0n) is 7.81. The van der Waals surface area contributed by atoms with Gasteiger partial charge in [-0.15, -0.1) is 0 Å². The average molecular weight is 172 g/mol. The van der Waals surface area contributed by atoms with Gasteiger partial charge in [0.2, 0.25) is 5.91 Å². The normalized spacial score (nSPS) is 33.6. The second-order valence-corrected chi connectivity index (χ2v) is 3.92. The summed E-state index contributed by atoms with van der Waals surface area (Å²) in [6.45, 7) is 4.27. The van der Waals surface area contributed by atoms with E-state index in [9.17, 15) is 4.79 Å². The second-order valence-electron chi connectivity index (χ2n) is 3.92. The molecule has 0 radical (unpaired) electrons. The topological polar surface area (TPSA) is 64.3 Å². The van der Waals surface area contributed by atoms with Crippen LogP contribution in [-0.4, -0.2) is 30.7 Å². The van der Waals surface area contributed by atoms with E-state index in [-0.39, 0.29) is 11.5 Å². The summed E-state index contributed by atoms with van der Waals surface area (Å²) in [5, 5.41) is 2.93. The lowest BCUT2D eigenvalue weighted by molar-refractivity contribution is -0.124. The molecule has 1 fully saturated rings. The molecule has 0 spiro atoms. The summed E-state index contributed by atoms with van der Waals surface area (Å²) in [5.74, 6) is -0.337. The Morgan fingerprint density at radius 2 is 2.17 bits per heavy atom. The molecule has 4 heteroatoms. The molecular weight excluding hydrogens is 156 g/mol. The van der Waals surface area contributed by atoms with Crippen molar-refractivity contribution in [3.05, 3.63) is 0 Å². The molecule has 0 saturated carbocycles. The lowest BCUT2D eigenvalue weighted by Crippen LogP contribution is -2.55. The quantitative estimate of drug-likeness (QED) is 0.597. The fourth-order valence-corrected chi connectivity index (χ4v) is 1.59. The van der Waals surface area contributed by atoms with Gasteiger partial charge in [-0.3, -0.25) is 4.79 Å². The van der Waals surface area contributed by atoms with Gasteiger partial charge in [-0.05, 0) is 20.9 Å². The van der Waals surface area contributed by atoms with Gasteiger partial charge in [-0.1, -0.05) is 0 Å². The smallest absolute Gasteiger partial charge is 0.240 e. The van der Waals surface area contributed by atoms with Crippen LogP contribution in [0.2, 0.25) is 0 Å². The SMILES string of the molecule is CNC1(C(N)=O)COC(C)(C)C1. The van der Waals surface area contributed by atoms with Crippen molar-refractivity contribution in [2.45, 2.75) is 31.4 Å². The van der Waals surface area contributed by atoms with Gasteiger partial charge in [0, 0.05) is 6.42 Å². The van der Waals surface area contributed by atoms with Gasteiger partial charge in [0.05, 0.1) is 12.2 Å². The highest BCUT2D eigenvalue weighted by Crippen LogP contribution is 2.31. The highest BCUT2D eigenvalue weighted by Gasteiger charge is 2.47. The molecule has 12 heavy (non-hydrogen) atoms. The number of likely N-dealkylation sites (N-methyl/N-ethyl adjacent to an activating group) is 1. The molecule has 1 heterocycles. The summed E-state index contributed by atoms with van der Waals surface area (Å²) < 4.78 is 5.45. The van der Waals surface area contributed by atoms with Crippen LogP contribution in [0.5, 0.6) is 0 Å². The molecule has 1 rings (SSSR count). The number of hydrogen-bond donors (Lipinski definition) is 2. The summed E-state index contributed by atoms with van der Waals surface area (Å²) in [7, 11) is 1.73. The van der Waals surface area contributed by atoms with Crippen molar-refractivity contribution >= 4 is 5.91 Å². The summed E-state index contributed by atoms with van der Waals surface area (Å²) >= 11 is 0. The number of carbonyl (C=O) groups excluding carboxylic acids is 1. The lowest BCUT2D eigenvalue weighted by Gasteiger charge is -2.24. The van der Waals surface area contributed by atoms with E-state index in [0.29, 0.717) is 13.0 Å². The van der Waals surface area contributed by atoms with Crippen LogP contribution in [0.25, 0.3) is 0 Å². The summed E-state index contributed by atoms with van der Waals surface area (Å²) in [4.78, 5) is 11.1. The number of primary amides is 1. The molecule has 1 aliphatic heterocycles. The van der Waals surface area contributed by atoms with E-state index in [1.165, 1.54) is 0 Å². The monoisotopic (exact) mass is 172 g/mol. The van der Waals surface area contributed by atoms with Gasteiger partial charge in [0.25, 0.3) is 0 Å². The van der Waals surface area contributed by atoms with Crippen LogP contribution in [0.15, 0.2) is 0 Å². The molecular formula is C8H16N2O2. The van der Waals surface area contributed by atoms with Crippen molar-refractivity contribution < 1.29 is 9.53 Å². The molecule has 1 unspecified atom stereocenters. The van der Waals surface area contributed by atoms with Crippen LogP contribution in [0.4, 0.5) is 0 Å². The molecule has 1 aliphatic rings. The summed E-state index contributed by atoms with van der Waals surface area (Å²) in [6.07, 6.45) is 0.631. The van der Waals surface area contributed by atoms with Gasteiger partial charge < -0.3 is 15.8 Å². The third kappa shape index (κ3) is 1.44. The average Bonchev–Trinajstić information content (AvgIpc) is 2.27. The van der Waals surface area contributed by atoms with Crippen molar-refractivity contribution in [1.29, 1.82) is 0 Å². The van der Waals surface area contributed by atoms with E-state index in [2.05, 4.69) is 5.32 Å². The molecule has 4 nitrogen and oxygen atoms in total. The maximum atomic E-state index is 11.1. The van der Waals surface area contributed by atoms with Gasteiger partial charge in [-0.25, -0.2) is 0 Å². The van der Waals surface area contributed by atoms with Crippen molar-refractivity contribution in [2.75, 3.05) is 13.7 Å². The highest BCUT2D eigenvalue weighted by molar-refractivity contribution is 5.85. The Morgan fingerprint density at radius 3 is 2.33 bits per heavy atom. The van der Waals surface area contributed by atoms with E-state index >= 15 is 0 Å². The van der Waals surface area contributed by atoms with Gasteiger partial charge >= 0.3 is 0 Å². The zero-order chi connectivity index (χ0) is 9.41. The Labute approximate surface area is 72.5 Å². The predicted molar refractivity (Wildman–Crippen MR) is 45.6 cm³/mol. The third-order valence-corrected chi connectivity index (χ3v) is 2.39. The minimum absolute atomic E-state index is 0.252. The fourth-order valence-electron chi connectivity index (χ4n) is 1.59. The molecule has 1 atom stereocenters. The first kappa shape index (κ1) is 9.48. The van der Waals surface area contributed by atoms with Crippen LogP contribution in [0.1, 0.15) is 20.3 Å². The van der Waals surface area contributed by atoms with Crippen LogP contribution in [-0.2, 0) is 9.53 Å². The predicted octanol–water partition coefficient (Wildman–Crippen LogP) is -0.371. The molecule has 0 aromatic carbocycles. The largest absolute Gasteiger partial charge is 0.373 e. The lowest BCUT2D eigenvalue weighted by atomic mass is 9.90. The first-order valence-electron chi connectivity index (χ1n) is 4.05.